The van der Waals surface area contributed by atoms with E-state index >= 15 is 0 Å². The normalized spacial score (nSPS) is 15.8. The molecule has 0 aromatic heterocycles. The summed E-state index contributed by atoms with van der Waals surface area (Å²) in [7, 11) is 0. The minimum Gasteiger partial charge on any atom is -0.313 e. The summed E-state index contributed by atoms with van der Waals surface area (Å²) >= 11 is 6.04. The molecule has 1 aliphatic carbocycles. The lowest BCUT2D eigenvalue weighted by Crippen LogP contribution is -2.15. The van der Waals surface area contributed by atoms with E-state index in [9.17, 15) is 0 Å². The maximum Gasteiger partial charge on any atom is 0.0450 e. The van der Waals surface area contributed by atoms with Gasteiger partial charge in [0.25, 0.3) is 0 Å². The maximum atomic E-state index is 6.04. The Morgan fingerprint density at radius 2 is 2.07 bits per heavy atom. The number of hydrogen-bond acceptors (Lipinski definition) is 1. The second-order valence-electron chi connectivity index (χ2n) is 4.00. The highest BCUT2D eigenvalue weighted by molar-refractivity contribution is 6.31. The fourth-order valence-electron chi connectivity index (χ4n) is 1.58. The van der Waals surface area contributed by atoms with Crippen LogP contribution >= 0.6 is 11.6 Å². The first-order valence-electron chi connectivity index (χ1n) is 5.30. The Morgan fingerprint density at radius 1 is 1.29 bits per heavy atom. The molecule has 1 nitrogen and oxygen atoms in total. The van der Waals surface area contributed by atoms with Gasteiger partial charge >= 0.3 is 0 Å². The van der Waals surface area contributed by atoms with Gasteiger partial charge < -0.3 is 5.32 Å². The molecule has 2 heteroatoms. The Labute approximate surface area is 90.5 Å². The zero-order chi connectivity index (χ0) is 9.80. The fourth-order valence-corrected chi connectivity index (χ4v) is 1.78. The molecule has 1 aromatic carbocycles. The van der Waals surface area contributed by atoms with Crippen LogP contribution in [0.25, 0.3) is 0 Å². The molecule has 14 heavy (non-hydrogen) atoms. The van der Waals surface area contributed by atoms with Gasteiger partial charge in [-0.2, -0.15) is 0 Å². The van der Waals surface area contributed by atoms with Crippen LogP contribution in [0.1, 0.15) is 24.8 Å². The predicted molar refractivity (Wildman–Crippen MR) is 60.5 cm³/mol. The molecular formula is C12H16ClN. The first-order valence-corrected chi connectivity index (χ1v) is 5.68. The summed E-state index contributed by atoms with van der Waals surface area (Å²) in [5.41, 5.74) is 1.20. The Kier molecular flexibility index (Phi) is 3.44. The fraction of sp³-hybridized carbons (Fsp3) is 0.500. The van der Waals surface area contributed by atoms with Crippen molar-refractivity contribution in [3.63, 3.8) is 0 Å². The van der Waals surface area contributed by atoms with Crippen LogP contribution in [0.3, 0.4) is 0 Å². The van der Waals surface area contributed by atoms with E-state index in [1.165, 1.54) is 24.8 Å². The summed E-state index contributed by atoms with van der Waals surface area (Å²) in [6.45, 7) is 2.02. The van der Waals surface area contributed by atoms with E-state index in [4.69, 9.17) is 11.6 Å². The van der Waals surface area contributed by atoms with Crippen molar-refractivity contribution in [1.29, 1.82) is 0 Å². The molecule has 0 amide bonds. The standard InChI is InChI=1S/C12H16ClN/c13-12-4-2-1-3-11(12)9-14-8-7-10-5-6-10/h1-4,10,14H,5-9H2. The van der Waals surface area contributed by atoms with E-state index < -0.39 is 0 Å². The van der Waals surface area contributed by atoms with Crippen molar-refractivity contribution in [3.05, 3.63) is 34.9 Å². The zero-order valence-electron chi connectivity index (χ0n) is 8.30. The van der Waals surface area contributed by atoms with E-state index in [2.05, 4.69) is 11.4 Å². The van der Waals surface area contributed by atoms with E-state index in [0.29, 0.717) is 0 Å². The van der Waals surface area contributed by atoms with Gasteiger partial charge in [0, 0.05) is 11.6 Å². The molecule has 1 aliphatic rings. The third kappa shape index (κ3) is 3.00. The predicted octanol–water partition coefficient (Wildman–Crippen LogP) is 3.23. The number of halogens is 1. The first kappa shape index (κ1) is 10.0. The van der Waals surface area contributed by atoms with Crippen LogP contribution in [-0.2, 0) is 6.54 Å². The average Bonchev–Trinajstić information content (AvgIpc) is 2.99. The third-order valence-corrected chi connectivity index (χ3v) is 3.07. The zero-order valence-corrected chi connectivity index (χ0v) is 9.06. The van der Waals surface area contributed by atoms with Crippen molar-refractivity contribution in [2.24, 2.45) is 5.92 Å². The van der Waals surface area contributed by atoms with Gasteiger partial charge in [0.2, 0.25) is 0 Å². The van der Waals surface area contributed by atoms with Crippen LogP contribution in [0, 0.1) is 5.92 Å². The van der Waals surface area contributed by atoms with Crippen LogP contribution in [0.5, 0.6) is 0 Å². The second-order valence-corrected chi connectivity index (χ2v) is 4.41. The highest BCUT2D eigenvalue weighted by atomic mass is 35.5. The molecule has 1 N–H and O–H groups in total. The van der Waals surface area contributed by atoms with Gasteiger partial charge in [-0.05, 0) is 30.5 Å². The van der Waals surface area contributed by atoms with Crippen molar-refractivity contribution in [1.82, 2.24) is 5.32 Å². The number of hydrogen-bond donors (Lipinski definition) is 1. The lowest BCUT2D eigenvalue weighted by atomic mass is 10.2. The first-order chi connectivity index (χ1) is 6.86. The van der Waals surface area contributed by atoms with Crippen molar-refractivity contribution in [2.75, 3.05) is 6.54 Å². The molecule has 0 spiro atoms. The van der Waals surface area contributed by atoms with Crippen LogP contribution in [0.2, 0.25) is 5.02 Å². The molecule has 1 fully saturated rings. The van der Waals surface area contributed by atoms with Crippen LogP contribution in [0.15, 0.2) is 24.3 Å². The average molecular weight is 210 g/mol. The Morgan fingerprint density at radius 3 is 2.79 bits per heavy atom. The van der Waals surface area contributed by atoms with Gasteiger partial charge in [0.1, 0.15) is 0 Å². The number of nitrogens with one attached hydrogen (secondary N) is 1. The Hall–Kier alpha value is -0.530. The molecule has 0 heterocycles. The highest BCUT2D eigenvalue weighted by Gasteiger charge is 2.19. The molecule has 0 unspecified atom stereocenters. The van der Waals surface area contributed by atoms with Gasteiger partial charge in [-0.3, -0.25) is 0 Å². The monoisotopic (exact) mass is 209 g/mol. The van der Waals surface area contributed by atoms with E-state index in [1.807, 2.05) is 18.2 Å². The minimum atomic E-state index is 0.867. The molecule has 76 valence electrons. The molecule has 0 saturated heterocycles. The summed E-state index contributed by atoms with van der Waals surface area (Å²) in [6.07, 6.45) is 4.20. The molecule has 0 atom stereocenters. The highest BCUT2D eigenvalue weighted by Crippen LogP contribution is 2.31. The smallest absolute Gasteiger partial charge is 0.0450 e. The van der Waals surface area contributed by atoms with Gasteiger partial charge in [-0.25, -0.2) is 0 Å². The second kappa shape index (κ2) is 4.81. The van der Waals surface area contributed by atoms with Gasteiger partial charge in [-0.15, -0.1) is 0 Å². The summed E-state index contributed by atoms with van der Waals surface area (Å²) in [4.78, 5) is 0. The lowest BCUT2D eigenvalue weighted by Gasteiger charge is -2.05. The summed E-state index contributed by atoms with van der Waals surface area (Å²) < 4.78 is 0. The molecular weight excluding hydrogens is 194 g/mol. The quantitative estimate of drug-likeness (QED) is 0.735. The largest absolute Gasteiger partial charge is 0.313 e. The van der Waals surface area contributed by atoms with Crippen molar-refractivity contribution in [2.45, 2.75) is 25.8 Å². The van der Waals surface area contributed by atoms with Crippen molar-refractivity contribution < 1.29 is 0 Å². The van der Waals surface area contributed by atoms with Gasteiger partial charge in [-0.1, -0.05) is 42.6 Å². The van der Waals surface area contributed by atoms with E-state index in [1.54, 1.807) is 0 Å². The topological polar surface area (TPSA) is 12.0 Å². The Bertz CT molecular complexity index is 294. The molecule has 1 aromatic rings. The van der Waals surface area contributed by atoms with Crippen LogP contribution in [-0.4, -0.2) is 6.54 Å². The van der Waals surface area contributed by atoms with E-state index in [0.717, 1.165) is 24.0 Å². The van der Waals surface area contributed by atoms with Crippen molar-refractivity contribution in [3.8, 4) is 0 Å². The summed E-state index contributed by atoms with van der Waals surface area (Å²) in [6, 6.07) is 8.02. The van der Waals surface area contributed by atoms with Crippen LogP contribution in [0.4, 0.5) is 0 Å². The molecule has 2 rings (SSSR count). The number of rotatable bonds is 5. The number of benzene rings is 1. The molecule has 0 aliphatic heterocycles. The summed E-state index contributed by atoms with van der Waals surface area (Å²) in [5.74, 6) is 1.01. The third-order valence-electron chi connectivity index (χ3n) is 2.70. The molecule has 1 saturated carbocycles. The van der Waals surface area contributed by atoms with E-state index in [-0.39, 0.29) is 0 Å². The van der Waals surface area contributed by atoms with Gasteiger partial charge in [0.15, 0.2) is 0 Å². The molecule has 0 radical (unpaired) electrons. The Balaban J connectivity index is 1.71. The van der Waals surface area contributed by atoms with Gasteiger partial charge in [0.05, 0.1) is 0 Å². The summed E-state index contributed by atoms with van der Waals surface area (Å²) in [5, 5.41) is 4.30. The maximum absolute atomic E-state index is 6.04. The SMILES string of the molecule is Clc1ccccc1CNCCC1CC1. The lowest BCUT2D eigenvalue weighted by molar-refractivity contribution is 0.613. The molecule has 0 bridgehead atoms. The van der Waals surface area contributed by atoms with Crippen LogP contribution < -0.4 is 5.32 Å². The van der Waals surface area contributed by atoms with Crippen molar-refractivity contribution >= 4 is 11.6 Å². The minimum absolute atomic E-state index is 0.867.